The molecule has 1 amide bonds. The predicted octanol–water partition coefficient (Wildman–Crippen LogP) is 4.42. The number of hydrogen-bond donors (Lipinski definition) is 2. The number of amides is 1. The molecule has 0 spiro atoms. The van der Waals surface area contributed by atoms with Gasteiger partial charge in [0.25, 0.3) is 5.91 Å². The summed E-state index contributed by atoms with van der Waals surface area (Å²) in [5.74, 6) is 3.86. The fourth-order valence-corrected chi connectivity index (χ4v) is 3.55. The molecule has 3 rings (SSSR count). The molecule has 6 nitrogen and oxygen atoms in total. The average molecular weight is 456 g/mol. The van der Waals surface area contributed by atoms with Crippen LogP contribution in [0.1, 0.15) is 33.7 Å². The Bertz CT molecular complexity index is 1170. The van der Waals surface area contributed by atoms with Crippen LogP contribution >= 0.6 is 23.2 Å². The van der Waals surface area contributed by atoms with Gasteiger partial charge in [-0.15, -0.1) is 0 Å². The number of hydrogen-bond acceptors (Lipinski definition) is 3. The van der Waals surface area contributed by atoms with Gasteiger partial charge in [-0.1, -0.05) is 41.1 Å². The van der Waals surface area contributed by atoms with Crippen LogP contribution in [0, 0.1) is 25.7 Å². The van der Waals surface area contributed by atoms with Gasteiger partial charge in [0.1, 0.15) is 6.04 Å². The van der Waals surface area contributed by atoms with Crippen molar-refractivity contribution in [2.24, 2.45) is 0 Å². The van der Waals surface area contributed by atoms with Gasteiger partial charge in [-0.2, -0.15) is 5.10 Å². The fraction of sp³-hybridized carbons (Fsp3) is 0.174. The molecule has 1 unspecified atom stereocenters. The van der Waals surface area contributed by atoms with Crippen molar-refractivity contribution in [1.82, 2.24) is 15.1 Å². The van der Waals surface area contributed by atoms with Crippen molar-refractivity contribution in [3.8, 4) is 17.5 Å². The fourth-order valence-electron chi connectivity index (χ4n) is 2.98. The molecule has 0 aliphatic heterocycles. The number of aliphatic carboxylic acids is 1. The van der Waals surface area contributed by atoms with E-state index in [4.69, 9.17) is 23.2 Å². The van der Waals surface area contributed by atoms with Crippen LogP contribution in [-0.2, 0) is 4.79 Å². The highest BCUT2D eigenvalue weighted by Gasteiger charge is 2.22. The Morgan fingerprint density at radius 3 is 2.32 bits per heavy atom. The number of carboxylic acid groups (broad SMARTS) is 1. The number of carbonyl (C=O) groups is 2. The Morgan fingerprint density at radius 1 is 1.13 bits per heavy atom. The van der Waals surface area contributed by atoms with Crippen LogP contribution in [0.4, 0.5) is 0 Å². The molecule has 0 aliphatic rings. The third-order valence-electron chi connectivity index (χ3n) is 4.45. The lowest BCUT2D eigenvalue weighted by atomic mass is 10.1. The first kappa shape index (κ1) is 22.4. The Kier molecular flexibility index (Phi) is 7.01. The van der Waals surface area contributed by atoms with Crippen molar-refractivity contribution in [3.63, 3.8) is 0 Å². The second-order valence-corrected chi connectivity index (χ2v) is 7.67. The third kappa shape index (κ3) is 5.46. The topological polar surface area (TPSA) is 84.2 Å². The number of aryl methyl sites for hydroxylation is 2. The summed E-state index contributed by atoms with van der Waals surface area (Å²) in [7, 11) is 0. The zero-order valence-electron chi connectivity index (χ0n) is 16.8. The molecule has 0 aliphatic carbocycles. The highest BCUT2D eigenvalue weighted by Crippen LogP contribution is 2.24. The summed E-state index contributed by atoms with van der Waals surface area (Å²) in [5.41, 5.74) is 3.61. The van der Waals surface area contributed by atoms with E-state index < -0.39 is 17.9 Å². The van der Waals surface area contributed by atoms with Crippen LogP contribution in [0.15, 0.2) is 48.5 Å². The van der Waals surface area contributed by atoms with E-state index >= 15 is 0 Å². The molecule has 1 heterocycles. The van der Waals surface area contributed by atoms with E-state index in [1.807, 2.05) is 48.9 Å². The number of carbonyl (C=O) groups excluding carboxylic acids is 1. The summed E-state index contributed by atoms with van der Waals surface area (Å²) in [6.07, 6.45) is -0.0810. The lowest BCUT2D eigenvalue weighted by Gasteiger charge is -2.13. The molecular formula is C23H19Cl2N3O3. The summed E-state index contributed by atoms with van der Waals surface area (Å²) in [6, 6.07) is 12.8. The molecule has 0 fully saturated rings. The van der Waals surface area contributed by atoms with Gasteiger partial charge >= 0.3 is 5.97 Å². The average Bonchev–Trinajstić information content (AvgIpc) is 3.05. The summed E-state index contributed by atoms with van der Waals surface area (Å²) in [4.78, 5) is 24.0. The highest BCUT2D eigenvalue weighted by atomic mass is 35.5. The van der Waals surface area contributed by atoms with Crippen LogP contribution in [0.3, 0.4) is 0 Å². The zero-order valence-corrected chi connectivity index (χ0v) is 18.3. The van der Waals surface area contributed by atoms with Gasteiger partial charge < -0.3 is 10.4 Å². The van der Waals surface area contributed by atoms with Gasteiger partial charge in [-0.25, -0.2) is 9.48 Å². The van der Waals surface area contributed by atoms with Gasteiger partial charge in [-0.3, -0.25) is 4.79 Å². The molecule has 2 aromatic carbocycles. The SMILES string of the molecule is Cc1cc(C)n(-c2ccc(C#CCC(NC(=O)c3c(Cl)cccc3Cl)C(=O)O)cc2)n1. The van der Waals surface area contributed by atoms with E-state index in [2.05, 4.69) is 22.3 Å². The van der Waals surface area contributed by atoms with Gasteiger partial charge in [-0.05, 0) is 56.3 Å². The van der Waals surface area contributed by atoms with E-state index in [1.165, 1.54) is 12.1 Å². The number of benzene rings is 2. The maximum Gasteiger partial charge on any atom is 0.327 e. The molecule has 8 heteroatoms. The minimum atomic E-state index is -1.21. The normalized spacial score (nSPS) is 11.4. The van der Waals surface area contributed by atoms with Crippen molar-refractivity contribution in [2.45, 2.75) is 26.3 Å². The van der Waals surface area contributed by atoms with E-state index in [-0.39, 0.29) is 22.0 Å². The standard InChI is InChI=1S/C23H19Cl2N3O3/c1-14-13-15(2)28(27-14)17-11-9-16(10-12-17)5-3-8-20(23(30)31)26-22(29)21-18(24)6-4-7-19(21)25/h4,6-7,9-13,20H,8H2,1-2H3,(H,26,29)(H,30,31). The van der Waals surface area contributed by atoms with Gasteiger partial charge in [0.05, 0.1) is 27.0 Å². The molecule has 3 aromatic rings. The number of carboxylic acids is 1. The Morgan fingerprint density at radius 2 is 1.77 bits per heavy atom. The van der Waals surface area contributed by atoms with Crippen LogP contribution in [-0.4, -0.2) is 32.8 Å². The van der Waals surface area contributed by atoms with Crippen molar-refractivity contribution in [1.29, 1.82) is 0 Å². The second-order valence-electron chi connectivity index (χ2n) is 6.85. The van der Waals surface area contributed by atoms with Crippen LogP contribution in [0.2, 0.25) is 10.0 Å². The first-order valence-corrected chi connectivity index (χ1v) is 10.1. The molecule has 0 saturated carbocycles. The number of nitrogens with zero attached hydrogens (tertiary/aromatic N) is 2. The Hall–Kier alpha value is -3.27. The van der Waals surface area contributed by atoms with Gasteiger partial charge in [0, 0.05) is 17.7 Å². The monoisotopic (exact) mass is 455 g/mol. The maximum atomic E-state index is 12.4. The van der Waals surface area contributed by atoms with Crippen LogP contribution in [0.25, 0.3) is 5.69 Å². The van der Waals surface area contributed by atoms with E-state index in [9.17, 15) is 14.7 Å². The minimum Gasteiger partial charge on any atom is -0.480 e. The molecule has 0 radical (unpaired) electrons. The molecule has 0 bridgehead atoms. The summed E-state index contributed by atoms with van der Waals surface area (Å²) in [6.45, 7) is 3.91. The number of rotatable bonds is 5. The summed E-state index contributed by atoms with van der Waals surface area (Å²) < 4.78 is 1.84. The quantitative estimate of drug-likeness (QED) is 0.557. The van der Waals surface area contributed by atoms with Crippen molar-refractivity contribution in [2.75, 3.05) is 0 Å². The van der Waals surface area contributed by atoms with E-state index in [1.54, 1.807) is 6.07 Å². The molecule has 1 atom stereocenters. The van der Waals surface area contributed by atoms with Gasteiger partial charge in [0.15, 0.2) is 0 Å². The summed E-state index contributed by atoms with van der Waals surface area (Å²) >= 11 is 12.0. The van der Waals surface area contributed by atoms with Crippen molar-refractivity contribution in [3.05, 3.63) is 81.1 Å². The molecule has 1 aromatic heterocycles. The van der Waals surface area contributed by atoms with Crippen LogP contribution in [0.5, 0.6) is 0 Å². The predicted molar refractivity (Wildman–Crippen MR) is 120 cm³/mol. The molecule has 2 N–H and O–H groups in total. The highest BCUT2D eigenvalue weighted by molar-refractivity contribution is 6.39. The van der Waals surface area contributed by atoms with E-state index in [0.29, 0.717) is 0 Å². The van der Waals surface area contributed by atoms with Crippen molar-refractivity contribution < 1.29 is 14.7 Å². The maximum absolute atomic E-state index is 12.4. The second kappa shape index (κ2) is 9.69. The zero-order chi connectivity index (χ0) is 22.5. The largest absolute Gasteiger partial charge is 0.480 e. The Balaban J connectivity index is 1.69. The molecule has 31 heavy (non-hydrogen) atoms. The first-order valence-electron chi connectivity index (χ1n) is 9.36. The lowest BCUT2D eigenvalue weighted by Crippen LogP contribution is -2.40. The lowest BCUT2D eigenvalue weighted by molar-refractivity contribution is -0.139. The third-order valence-corrected chi connectivity index (χ3v) is 5.08. The van der Waals surface area contributed by atoms with Crippen molar-refractivity contribution >= 4 is 35.1 Å². The molecular weight excluding hydrogens is 437 g/mol. The number of nitrogens with one attached hydrogen (secondary N) is 1. The van der Waals surface area contributed by atoms with Gasteiger partial charge in [0.2, 0.25) is 0 Å². The molecule has 0 saturated heterocycles. The minimum absolute atomic E-state index is 0.0322. The Labute approximate surface area is 189 Å². The van der Waals surface area contributed by atoms with Crippen LogP contribution < -0.4 is 5.32 Å². The number of halogens is 2. The van der Waals surface area contributed by atoms with E-state index in [0.717, 1.165) is 22.6 Å². The summed E-state index contributed by atoms with van der Waals surface area (Å²) in [5, 5.41) is 16.6. The molecule has 158 valence electrons. The number of aromatic nitrogens is 2. The first-order chi connectivity index (χ1) is 14.8. The smallest absolute Gasteiger partial charge is 0.327 e.